The molecule has 19 heavy (non-hydrogen) atoms. The van der Waals surface area contributed by atoms with Crippen LogP contribution < -0.4 is 11.3 Å². The zero-order valence-corrected chi connectivity index (χ0v) is 12.7. The van der Waals surface area contributed by atoms with E-state index in [-0.39, 0.29) is 11.6 Å². The Balaban J connectivity index is 2.45. The van der Waals surface area contributed by atoms with E-state index in [1.807, 2.05) is 4.68 Å². The summed E-state index contributed by atoms with van der Waals surface area (Å²) in [6, 6.07) is -0.0000463. The number of likely N-dealkylation sites (N-methyl/N-ethyl adjacent to an activating group) is 1. The summed E-state index contributed by atoms with van der Waals surface area (Å²) in [7, 11) is 4.24. The van der Waals surface area contributed by atoms with Gasteiger partial charge in [0.1, 0.15) is 0 Å². The Morgan fingerprint density at radius 3 is 2.63 bits per heavy atom. The van der Waals surface area contributed by atoms with Crippen LogP contribution >= 0.6 is 11.6 Å². The first-order chi connectivity index (χ1) is 9.06. The van der Waals surface area contributed by atoms with Crippen LogP contribution in [0.1, 0.15) is 44.3 Å². The van der Waals surface area contributed by atoms with Gasteiger partial charge in [-0.25, -0.2) is 5.43 Å². The van der Waals surface area contributed by atoms with E-state index >= 15 is 0 Å². The third-order valence-electron chi connectivity index (χ3n) is 4.47. The van der Waals surface area contributed by atoms with Crippen LogP contribution in [-0.4, -0.2) is 34.3 Å². The van der Waals surface area contributed by atoms with Gasteiger partial charge in [0.05, 0.1) is 23.0 Å². The van der Waals surface area contributed by atoms with Crippen molar-refractivity contribution in [2.45, 2.75) is 50.7 Å². The predicted molar refractivity (Wildman–Crippen MR) is 77.9 cm³/mol. The Bertz CT molecular complexity index is 423. The summed E-state index contributed by atoms with van der Waals surface area (Å²) < 4.78 is 1.94. The lowest BCUT2D eigenvalue weighted by molar-refractivity contribution is 0.100. The quantitative estimate of drug-likeness (QED) is 0.641. The van der Waals surface area contributed by atoms with Crippen molar-refractivity contribution < 1.29 is 0 Å². The van der Waals surface area contributed by atoms with E-state index in [0.717, 1.165) is 25.1 Å². The molecule has 1 fully saturated rings. The summed E-state index contributed by atoms with van der Waals surface area (Å²) in [4.78, 5) is 2.29. The molecule has 1 heterocycles. The van der Waals surface area contributed by atoms with Crippen LogP contribution in [0.4, 0.5) is 0 Å². The molecule has 1 atom stereocenters. The molecule has 0 amide bonds. The molecule has 1 aromatic heterocycles. The molecule has 3 N–H and O–H groups in total. The average molecular weight is 286 g/mol. The Hall–Kier alpha value is -0.620. The molecule has 5 nitrogen and oxygen atoms in total. The number of hydrogen-bond donors (Lipinski definition) is 2. The summed E-state index contributed by atoms with van der Waals surface area (Å²) in [6.07, 6.45) is 6.42. The molecule has 0 saturated heterocycles. The van der Waals surface area contributed by atoms with Crippen LogP contribution in [-0.2, 0) is 6.54 Å². The van der Waals surface area contributed by atoms with Crippen molar-refractivity contribution in [1.82, 2.24) is 20.1 Å². The first kappa shape index (κ1) is 14.8. The maximum atomic E-state index is 6.34. The normalized spacial score (nSPS) is 20.1. The van der Waals surface area contributed by atoms with Crippen LogP contribution in [0.25, 0.3) is 0 Å². The molecule has 0 aliphatic heterocycles. The first-order valence-corrected chi connectivity index (χ1v) is 7.29. The molecule has 1 saturated carbocycles. The van der Waals surface area contributed by atoms with Crippen LogP contribution in [0.15, 0.2) is 6.20 Å². The zero-order valence-electron chi connectivity index (χ0n) is 12.0. The van der Waals surface area contributed by atoms with Crippen molar-refractivity contribution in [2.75, 3.05) is 14.1 Å². The van der Waals surface area contributed by atoms with Gasteiger partial charge in [0.25, 0.3) is 0 Å². The second-order valence-corrected chi connectivity index (χ2v) is 5.91. The van der Waals surface area contributed by atoms with Crippen LogP contribution in [0.3, 0.4) is 0 Å². The van der Waals surface area contributed by atoms with Crippen LogP contribution in [0.2, 0.25) is 5.02 Å². The summed E-state index contributed by atoms with van der Waals surface area (Å²) >= 11 is 6.34. The van der Waals surface area contributed by atoms with Gasteiger partial charge >= 0.3 is 0 Å². The molecule has 0 bridgehead atoms. The molecule has 0 spiro atoms. The molecule has 1 aliphatic carbocycles. The number of nitrogens with one attached hydrogen (secondary N) is 1. The monoisotopic (exact) mass is 285 g/mol. The second kappa shape index (κ2) is 5.79. The van der Waals surface area contributed by atoms with Gasteiger partial charge in [-0.05, 0) is 33.9 Å². The average Bonchev–Trinajstić information content (AvgIpc) is 3.00. The van der Waals surface area contributed by atoms with Crippen molar-refractivity contribution in [1.29, 1.82) is 0 Å². The number of nitrogens with two attached hydrogens (primary N) is 1. The number of aryl methyl sites for hydroxylation is 1. The standard InChI is InChI=1S/C13H24ClN5/c1-4-19-11(10(14)9-16-19)12(17-15)13(18(2)3)7-5-6-8-13/h9,12,17H,4-8,15H2,1-3H3. The minimum atomic E-state index is -0.0000463. The fourth-order valence-electron chi connectivity index (χ4n) is 3.38. The zero-order chi connectivity index (χ0) is 14.0. The van der Waals surface area contributed by atoms with E-state index in [1.54, 1.807) is 6.20 Å². The van der Waals surface area contributed by atoms with Gasteiger partial charge in [-0.3, -0.25) is 10.5 Å². The van der Waals surface area contributed by atoms with Crippen molar-refractivity contribution in [2.24, 2.45) is 5.84 Å². The number of hydrogen-bond acceptors (Lipinski definition) is 4. The lowest BCUT2D eigenvalue weighted by Gasteiger charge is -2.43. The van der Waals surface area contributed by atoms with E-state index in [2.05, 4.69) is 36.4 Å². The molecule has 108 valence electrons. The van der Waals surface area contributed by atoms with E-state index in [4.69, 9.17) is 17.4 Å². The highest BCUT2D eigenvalue weighted by molar-refractivity contribution is 6.31. The highest BCUT2D eigenvalue weighted by atomic mass is 35.5. The molecule has 0 radical (unpaired) electrons. The third-order valence-corrected chi connectivity index (χ3v) is 4.76. The Morgan fingerprint density at radius 2 is 2.16 bits per heavy atom. The van der Waals surface area contributed by atoms with E-state index in [1.165, 1.54) is 12.8 Å². The number of rotatable bonds is 5. The van der Waals surface area contributed by atoms with Crippen molar-refractivity contribution in [3.05, 3.63) is 16.9 Å². The van der Waals surface area contributed by atoms with E-state index < -0.39 is 0 Å². The third kappa shape index (κ3) is 2.40. The number of halogens is 1. The van der Waals surface area contributed by atoms with Gasteiger partial charge in [-0.2, -0.15) is 5.10 Å². The lowest BCUT2D eigenvalue weighted by Crippen LogP contribution is -2.54. The fraction of sp³-hybridized carbons (Fsp3) is 0.769. The van der Waals surface area contributed by atoms with E-state index in [9.17, 15) is 0 Å². The molecule has 0 aromatic carbocycles. The summed E-state index contributed by atoms with van der Waals surface area (Å²) in [5.74, 6) is 5.88. The van der Waals surface area contributed by atoms with E-state index in [0.29, 0.717) is 5.02 Å². The first-order valence-electron chi connectivity index (χ1n) is 6.91. The fourth-order valence-corrected chi connectivity index (χ4v) is 3.63. The minimum Gasteiger partial charge on any atom is -0.302 e. The summed E-state index contributed by atoms with van der Waals surface area (Å²) in [5.41, 5.74) is 4.02. The van der Waals surface area contributed by atoms with Gasteiger partial charge in [0, 0.05) is 12.1 Å². The molecule has 1 unspecified atom stereocenters. The Morgan fingerprint density at radius 1 is 1.53 bits per heavy atom. The van der Waals surface area contributed by atoms with Crippen LogP contribution in [0, 0.1) is 0 Å². The smallest absolute Gasteiger partial charge is 0.0835 e. The Kier molecular flexibility index (Phi) is 4.50. The summed E-state index contributed by atoms with van der Waals surface area (Å²) in [5, 5.41) is 5.03. The molecule has 1 aliphatic rings. The van der Waals surface area contributed by atoms with Gasteiger partial charge in [-0.15, -0.1) is 0 Å². The van der Waals surface area contributed by atoms with Gasteiger partial charge < -0.3 is 4.90 Å². The van der Waals surface area contributed by atoms with Gasteiger partial charge in [0.2, 0.25) is 0 Å². The number of hydrazine groups is 1. The van der Waals surface area contributed by atoms with Gasteiger partial charge in [0.15, 0.2) is 0 Å². The summed E-state index contributed by atoms with van der Waals surface area (Å²) in [6.45, 7) is 2.86. The molecular weight excluding hydrogens is 262 g/mol. The maximum absolute atomic E-state index is 6.34. The van der Waals surface area contributed by atoms with Crippen molar-refractivity contribution in [3.8, 4) is 0 Å². The predicted octanol–water partition coefficient (Wildman–Crippen LogP) is 1.94. The minimum absolute atomic E-state index is 0.0000463. The Labute approximate surface area is 120 Å². The molecular formula is C13H24ClN5. The highest BCUT2D eigenvalue weighted by Crippen LogP contribution is 2.44. The van der Waals surface area contributed by atoms with Crippen LogP contribution in [0.5, 0.6) is 0 Å². The highest BCUT2D eigenvalue weighted by Gasteiger charge is 2.45. The maximum Gasteiger partial charge on any atom is 0.0835 e. The van der Waals surface area contributed by atoms with Crippen molar-refractivity contribution >= 4 is 11.6 Å². The largest absolute Gasteiger partial charge is 0.302 e. The number of nitrogens with zero attached hydrogens (tertiary/aromatic N) is 3. The number of aromatic nitrogens is 2. The van der Waals surface area contributed by atoms with Crippen molar-refractivity contribution in [3.63, 3.8) is 0 Å². The molecule has 6 heteroatoms. The second-order valence-electron chi connectivity index (χ2n) is 5.50. The van der Waals surface area contributed by atoms with Gasteiger partial charge in [-0.1, -0.05) is 24.4 Å². The topological polar surface area (TPSA) is 59.1 Å². The molecule has 2 rings (SSSR count). The lowest BCUT2D eigenvalue weighted by atomic mass is 9.85. The SMILES string of the molecule is CCn1ncc(Cl)c1C(NN)C1(N(C)C)CCCC1. The molecule has 1 aromatic rings.